The normalized spacial score (nSPS) is 13.4. The van der Waals surface area contributed by atoms with Crippen molar-refractivity contribution < 1.29 is 4.74 Å². The summed E-state index contributed by atoms with van der Waals surface area (Å²) in [5.41, 5.74) is 8.70. The largest absolute Gasteiger partial charge is 0.496 e. The lowest BCUT2D eigenvalue weighted by molar-refractivity contribution is 0.397. The Hall–Kier alpha value is -1.02. The van der Waals surface area contributed by atoms with Crippen LogP contribution in [-0.2, 0) is 11.8 Å². The van der Waals surface area contributed by atoms with E-state index in [1.54, 1.807) is 7.11 Å². The number of nitrogens with two attached hydrogens (primary N) is 1. The Morgan fingerprint density at radius 1 is 1.28 bits per heavy atom. The van der Waals surface area contributed by atoms with Crippen molar-refractivity contribution in [3.05, 3.63) is 29.3 Å². The van der Waals surface area contributed by atoms with Crippen molar-refractivity contribution in [3.8, 4) is 5.75 Å². The van der Waals surface area contributed by atoms with Crippen LogP contribution in [0.5, 0.6) is 5.75 Å². The molecule has 1 atom stereocenters. The van der Waals surface area contributed by atoms with Crippen LogP contribution in [0.25, 0.3) is 0 Å². The van der Waals surface area contributed by atoms with E-state index in [2.05, 4.69) is 45.9 Å². The average Bonchev–Trinajstić information content (AvgIpc) is 2.34. The Morgan fingerprint density at radius 3 is 2.44 bits per heavy atom. The average molecular weight is 249 g/mol. The van der Waals surface area contributed by atoms with Crippen LogP contribution in [-0.4, -0.2) is 13.2 Å². The first-order valence-electron chi connectivity index (χ1n) is 6.81. The molecule has 1 unspecified atom stereocenters. The summed E-state index contributed by atoms with van der Waals surface area (Å²) in [6, 6.07) is 6.80. The molecule has 1 rings (SSSR count). The highest BCUT2D eigenvalue weighted by Crippen LogP contribution is 2.32. The fourth-order valence-corrected chi connectivity index (χ4v) is 2.05. The van der Waals surface area contributed by atoms with E-state index in [0.29, 0.717) is 6.04 Å². The fourth-order valence-electron chi connectivity index (χ4n) is 2.05. The Bertz CT molecular complexity index is 379. The summed E-state index contributed by atoms with van der Waals surface area (Å²) in [4.78, 5) is 0. The topological polar surface area (TPSA) is 35.2 Å². The molecule has 0 radical (unpaired) electrons. The van der Waals surface area contributed by atoms with Crippen LogP contribution >= 0.6 is 0 Å². The molecule has 0 aliphatic carbocycles. The third-order valence-corrected chi connectivity index (χ3v) is 3.40. The molecule has 102 valence electrons. The molecular weight excluding hydrogens is 222 g/mol. The molecule has 0 heterocycles. The second kappa shape index (κ2) is 6.24. The molecule has 1 aromatic rings. The molecule has 2 N–H and O–H groups in total. The predicted molar refractivity (Wildman–Crippen MR) is 78.3 cm³/mol. The lowest BCUT2D eigenvalue weighted by atomic mass is 9.85. The zero-order valence-electron chi connectivity index (χ0n) is 12.4. The molecule has 0 aliphatic heterocycles. The molecule has 2 heteroatoms. The Balaban J connectivity index is 2.90. The van der Waals surface area contributed by atoms with Crippen LogP contribution in [0.2, 0.25) is 0 Å². The van der Waals surface area contributed by atoms with Gasteiger partial charge in [-0.2, -0.15) is 0 Å². The van der Waals surface area contributed by atoms with E-state index in [1.807, 2.05) is 0 Å². The van der Waals surface area contributed by atoms with Crippen molar-refractivity contribution >= 4 is 0 Å². The minimum atomic E-state index is 0.105. The Labute approximate surface area is 112 Å². The first-order valence-corrected chi connectivity index (χ1v) is 6.81. The van der Waals surface area contributed by atoms with E-state index in [0.717, 1.165) is 25.0 Å². The maximum Gasteiger partial charge on any atom is 0.122 e. The fraction of sp³-hybridized carbons (Fsp3) is 0.625. The van der Waals surface area contributed by atoms with Gasteiger partial charge in [0, 0.05) is 6.04 Å². The lowest BCUT2D eigenvalue weighted by Gasteiger charge is -2.23. The number of rotatable bonds is 5. The van der Waals surface area contributed by atoms with Gasteiger partial charge in [0.05, 0.1) is 7.11 Å². The molecular formula is C16H27NO. The molecule has 0 amide bonds. The molecule has 0 fully saturated rings. The van der Waals surface area contributed by atoms with Gasteiger partial charge in [-0.1, -0.05) is 39.8 Å². The Kier molecular flexibility index (Phi) is 5.21. The van der Waals surface area contributed by atoms with Crippen molar-refractivity contribution in [3.63, 3.8) is 0 Å². The van der Waals surface area contributed by atoms with E-state index in [-0.39, 0.29) is 5.41 Å². The molecule has 0 aromatic heterocycles. The van der Waals surface area contributed by atoms with E-state index < -0.39 is 0 Å². The molecule has 0 spiro atoms. The van der Waals surface area contributed by atoms with E-state index >= 15 is 0 Å². The van der Waals surface area contributed by atoms with Gasteiger partial charge in [-0.05, 0) is 41.9 Å². The minimum Gasteiger partial charge on any atom is -0.496 e. The van der Waals surface area contributed by atoms with E-state index in [9.17, 15) is 0 Å². The van der Waals surface area contributed by atoms with Crippen molar-refractivity contribution in [2.24, 2.45) is 5.73 Å². The summed E-state index contributed by atoms with van der Waals surface area (Å²) in [6.07, 6.45) is 3.14. The summed E-state index contributed by atoms with van der Waals surface area (Å²) in [5.74, 6) is 0.978. The van der Waals surface area contributed by atoms with Gasteiger partial charge in [0.15, 0.2) is 0 Å². The lowest BCUT2D eigenvalue weighted by Crippen LogP contribution is -2.19. The molecule has 0 bridgehead atoms. The zero-order valence-corrected chi connectivity index (χ0v) is 12.4. The van der Waals surface area contributed by atoms with Gasteiger partial charge in [0.2, 0.25) is 0 Å². The number of methoxy groups -OCH3 is 1. The van der Waals surface area contributed by atoms with Crippen molar-refractivity contribution in [1.82, 2.24) is 0 Å². The number of hydrogen-bond donors (Lipinski definition) is 1. The van der Waals surface area contributed by atoms with Crippen LogP contribution in [0.3, 0.4) is 0 Å². The predicted octanol–water partition coefficient (Wildman–Crippen LogP) is 3.66. The highest BCUT2D eigenvalue weighted by atomic mass is 16.5. The van der Waals surface area contributed by atoms with Gasteiger partial charge in [-0.3, -0.25) is 0 Å². The van der Waals surface area contributed by atoms with Crippen LogP contribution in [0.1, 0.15) is 51.7 Å². The highest BCUT2D eigenvalue weighted by Gasteiger charge is 2.19. The SMILES string of the molecule is CCC(N)CCc1ccc(OC)c(C(C)(C)C)c1. The quantitative estimate of drug-likeness (QED) is 0.864. The first-order chi connectivity index (χ1) is 8.38. The van der Waals surface area contributed by atoms with Crippen LogP contribution in [0, 0.1) is 0 Å². The third-order valence-electron chi connectivity index (χ3n) is 3.40. The summed E-state index contributed by atoms with van der Waals surface area (Å²) >= 11 is 0. The molecule has 2 nitrogen and oxygen atoms in total. The molecule has 0 saturated heterocycles. The zero-order chi connectivity index (χ0) is 13.8. The standard InChI is InChI=1S/C16H27NO/c1-6-13(17)9-7-12-8-10-15(18-5)14(11-12)16(2,3)4/h8,10-11,13H,6-7,9,17H2,1-5H3. The van der Waals surface area contributed by atoms with E-state index in [1.165, 1.54) is 11.1 Å². The van der Waals surface area contributed by atoms with Crippen LogP contribution in [0.15, 0.2) is 18.2 Å². The van der Waals surface area contributed by atoms with Gasteiger partial charge >= 0.3 is 0 Å². The summed E-state index contributed by atoms with van der Waals surface area (Å²) in [7, 11) is 1.73. The number of hydrogen-bond acceptors (Lipinski definition) is 2. The smallest absolute Gasteiger partial charge is 0.122 e. The van der Waals surface area contributed by atoms with Crippen LogP contribution in [0.4, 0.5) is 0 Å². The monoisotopic (exact) mass is 249 g/mol. The molecule has 0 saturated carbocycles. The maximum atomic E-state index is 5.98. The van der Waals surface area contributed by atoms with Crippen LogP contribution < -0.4 is 10.5 Å². The summed E-state index contributed by atoms with van der Waals surface area (Å²) in [6.45, 7) is 8.78. The minimum absolute atomic E-state index is 0.105. The molecule has 18 heavy (non-hydrogen) atoms. The van der Waals surface area contributed by atoms with Gasteiger partial charge in [0.25, 0.3) is 0 Å². The maximum absolute atomic E-state index is 5.98. The second-order valence-corrected chi connectivity index (χ2v) is 5.99. The molecule has 1 aromatic carbocycles. The van der Waals surface area contributed by atoms with Gasteiger partial charge in [-0.25, -0.2) is 0 Å². The summed E-state index contributed by atoms with van der Waals surface area (Å²) in [5, 5.41) is 0. The Morgan fingerprint density at radius 2 is 1.94 bits per heavy atom. The number of aryl methyl sites for hydroxylation is 1. The number of ether oxygens (including phenoxy) is 1. The van der Waals surface area contributed by atoms with Crippen molar-refractivity contribution in [2.75, 3.05) is 7.11 Å². The second-order valence-electron chi connectivity index (χ2n) is 5.99. The first kappa shape index (κ1) is 15.0. The molecule has 0 aliphatic rings. The van der Waals surface area contributed by atoms with E-state index in [4.69, 9.17) is 10.5 Å². The van der Waals surface area contributed by atoms with Gasteiger partial charge in [-0.15, -0.1) is 0 Å². The third kappa shape index (κ3) is 4.02. The van der Waals surface area contributed by atoms with Gasteiger partial charge in [0.1, 0.15) is 5.75 Å². The van der Waals surface area contributed by atoms with Gasteiger partial charge < -0.3 is 10.5 Å². The van der Waals surface area contributed by atoms with Crippen molar-refractivity contribution in [1.29, 1.82) is 0 Å². The number of benzene rings is 1. The van der Waals surface area contributed by atoms with Crippen molar-refractivity contribution in [2.45, 2.75) is 58.4 Å². The highest BCUT2D eigenvalue weighted by molar-refractivity contribution is 5.41. The summed E-state index contributed by atoms with van der Waals surface area (Å²) < 4.78 is 5.45.